The fourth-order valence-electron chi connectivity index (χ4n) is 2.67. The second-order valence-electron chi connectivity index (χ2n) is 8.71. The van der Waals surface area contributed by atoms with E-state index in [1.807, 2.05) is 0 Å². The number of carboxylic acids is 1. The first kappa shape index (κ1) is 26.3. The molecule has 0 aromatic rings. The minimum Gasteiger partial charge on any atom is -0.481 e. The van der Waals surface area contributed by atoms with E-state index in [2.05, 4.69) is 52.8 Å². The lowest BCUT2D eigenvalue weighted by atomic mass is 10.1. The molecule has 1 unspecified atom stereocenters. The fourth-order valence-corrected chi connectivity index (χ4v) is 7.94. The molecule has 0 aliphatic carbocycles. The molecule has 0 aromatic carbocycles. The van der Waals surface area contributed by atoms with E-state index in [-0.39, 0.29) is 15.3 Å². The molecule has 0 saturated carbocycles. The van der Waals surface area contributed by atoms with Crippen molar-refractivity contribution in [3.63, 3.8) is 0 Å². The lowest BCUT2D eigenvalue weighted by Crippen LogP contribution is -2.33. The Bertz CT molecular complexity index is 310. The van der Waals surface area contributed by atoms with E-state index in [0.717, 1.165) is 12.8 Å². The summed E-state index contributed by atoms with van der Waals surface area (Å²) < 4.78 is 5.51. The van der Waals surface area contributed by atoms with Crippen LogP contribution in [0.3, 0.4) is 0 Å². The highest BCUT2D eigenvalue weighted by atomic mass is 28.4. The Hall–Kier alpha value is 0.0806. The van der Waals surface area contributed by atoms with Gasteiger partial charge in [0.15, 0.2) is 8.32 Å². The van der Waals surface area contributed by atoms with Gasteiger partial charge in [0.1, 0.15) is 9.76 Å². The summed E-state index contributed by atoms with van der Waals surface area (Å²) in [7, 11) is -2.75. The van der Waals surface area contributed by atoms with Crippen LogP contribution in [-0.2, 0) is 8.91 Å². The number of unbranched alkanes of at least 4 members (excludes halogenated alkanes) is 6. The standard InChI is InChI=1S/C14H30O2Si.C4H14OSi2/c1-5-6-7-8-9-10-11-12-13(14(15)16)17(2,3)4;1-6-5-7(2,3)4/h13H,5-12H2,1-4H3,(H,15,16);6H2,1-4H3. The maximum Gasteiger partial charge on any atom is 0.303 e. The number of rotatable bonds is 12. The summed E-state index contributed by atoms with van der Waals surface area (Å²) in [4.78, 5) is 11.2. The average Bonchev–Trinajstić information content (AvgIpc) is 2.39. The van der Waals surface area contributed by atoms with Crippen LogP contribution in [0.25, 0.3) is 0 Å². The fraction of sp³-hybridized carbons (Fsp3) is 0.944. The largest absolute Gasteiger partial charge is 0.481 e. The summed E-state index contributed by atoms with van der Waals surface area (Å²) in [5, 5.41) is 9.22. The van der Waals surface area contributed by atoms with Gasteiger partial charge in [0.25, 0.3) is 0 Å². The van der Waals surface area contributed by atoms with Gasteiger partial charge in [-0.3, -0.25) is 4.79 Å². The molecule has 0 rings (SSSR count). The Morgan fingerprint density at radius 1 is 0.958 bits per heavy atom. The van der Waals surface area contributed by atoms with Gasteiger partial charge in [0, 0.05) is 0 Å². The predicted molar refractivity (Wildman–Crippen MR) is 116 cm³/mol. The highest BCUT2D eigenvalue weighted by Crippen LogP contribution is 2.28. The van der Waals surface area contributed by atoms with E-state index in [1.165, 1.54) is 38.5 Å². The average molecular weight is 393 g/mol. The zero-order valence-electron chi connectivity index (χ0n) is 17.7. The molecule has 1 N–H and O–H groups in total. The molecule has 0 aromatic heterocycles. The lowest BCUT2D eigenvalue weighted by Gasteiger charge is -2.24. The summed E-state index contributed by atoms with van der Waals surface area (Å²) in [6.45, 7) is 17.6. The van der Waals surface area contributed by atoms with Gasteiger partial charge in [-0.05, 0) is 26.1 Å². The van der Waals surface area contributed by atoms with E-state index >= 15 is 0 Å². The quantitative estimate of drug-likeness (QED) is 0.333. The number of carbonyl (C=O) groups is 1. The molecule has 0 aliphatic heterocycles. The van der Waals surface area contributed by atoms with Gasteiger partial charge in [-0.2, -0.15) is 0 Å². The van der Waals surface area contributed by atoms with Gasteiger partial charge in [0.2, 0.25) is 0 Å². The van der Waals surface area contributed by atoms with Gasteiger partial charge in [-0.15, -0.1) is 0 Å². The molecular weight excluding hydrogens is 348 g/mol. The van der Waals surface area contributed by atoms with Crippen LogP contribution >= 0.6 is 0 Å². The molecule has 0 amide bonds. The van der Waals surface area contributed by atoms with Crippen LogP contribution in [0.1, 0.15) is 58.3 Å². The molecule has 0 heterocycles. The Morgan fingerprint density at radius 3 is 1.71 bits per heavy atom. The second-order valence-corrected chi connectivity index (χ2v) is 20.1. The highest BCUT2D eigenvalue weighted by Gasteiger charge is 2.31. The normalized spacial score (nSPS) is 13.7. The van der Waals surface area contributed by atoms with E-state index in [4.69, 9.17) is 4.12 Å². The Balaban J connectivity index is 0. The Labute approximate surface area is 156 Å². The SMILES string of the molecule is CCCCCCCCCC(C(=O)O)[Si](C)(C)C.C[SiH2]O[Si](C)(C)C. The summed E-state index contributed by atoms with van der Waals surface area (Å²) >= 11 is 0. The van der Waals surface area contributed by atoms with Crippen LogP contribution in [0.4, 0.5) is 0 Å². The summed E-state index contributed by atoms with van der Waals surface area (Å²) in [5.41, 5.74) is -0.0573. The van der Waals surface area contributed by atoms with E-state index in [0.29, 0.717) is 0 Å². The second kappa shape index (κ2) is 14.3. The molecule has 0 aliphatic rings. The summed E-state index contributed by atoms with van der Waals surface area (Å²) in [6, 6.07) is 0. The molecule has 6 heteroatoms. The van der Waals surface area contributed by atoms with Crippen molar-refractivity contribution < 1.29 is 14.0 Å². The highest BCUT2D eigenvalue weighted by molar-refractivity contribution is 6.80. The maximum atomic E-state index is 11.2. The van der Waals surface area contributed by atoms with Crippen LogP contribution in [0, 0.1) is 0 Å². The van der Waals surface area contributed by atoms with Crippen molar-refractivity contribution in [2.75, 3.05) is 0 Å². The van der Waals surface area contributed by atoms with Gasteiger partial charge < -0.3 is 9.22 Å². The van der Waals surface area contributed by atoms with Gasteiger partial charge >= 0.3 is 5.97 Å². The number of hydrogen-bond acceptors (Lipinski definition) is 2. The topological polar surface area (TPSA) is 46.5 Å². The number of carboxylic acid groups (broad SMARTS) is 1. The van der Waals surface area contributed by atoms with E-state index < -0.39 is 22.4 Å². The third-order valence-electron chi connectivity index (χ3n) is 4.02. The molecule has 24 heavy (non-hydrogen) atoms. The lowest BCUT2D eigenvalue weighted by molar-refractivity contribution is -0.137. The van der Waals surface area contributed by atoms with Crippen molar-refractivity contribution in [3.05, 3.63) is 0 Å². The first-order chi connectivity index (χ1) is 11.0. The Morgan fingerprint density at radius 2 is 1.42 bits per heavy atom. The van der Waals surface area contributed by atoms with Crippen LogP contribution in [0.2, 0.25) is 51.4 Å². The molecule has 0 saturated heterocycles. The molecule has 3 nitrogen and oxygen atoms in total. The molecule has 0 radical (unpaired) electrons. The summed E-state index contributed by atoms with van der Waals surface area (Å²) in [5.74, 6) is -0.574. The van der Waals surface area contributed by atoms with Crippen molar-refractivity contribution in [1.82, 2.24) is 0 Å². The molecule has 146 valence electrons. The Kier molecular flexibility index (Phi) is 15.6. The molecular formula is C18H44O3Si3. The predicted octanol–water partition coefficient (Wildman–Crippen LogP) is 5.89. The van der Waals surface area contributed by atoms with Crippen molar-refractivity contribution >= 4 is 32.1 Å². The van der Waals surface area contributed by atoms with Crippen molar-refractivity contribution in [2.45, 2.75) is 110 Å². The van der Waals surface area contributed by atoms with Gasteiger partial charge in [0.05, 0.1) is 13.6 Å². The van der Waals surface area contributed by atoms with Crippen molar-refractivity contribution in [2.24, 2.45) is 0 Å². The molecule has 0 fully saturated rings. The third kappa shape index (κ3) is 18.4. The van der Waals surface area contributed by atoms with Crippen LogP contribution in [0.5, 0.6) is 0 Å². The smallest absolute Gasteiger partial charge is 0.303 e. The first-order valence-electron chi connectivity index (χ1n) is 9.82. The summed E-state index contributed by atoms with van der Waals surface area (Å²) in [6.07, 6.45) is 9.75. The zero-order valence-corrected chi connectivity index (χ0v) is 21.1. The molecule has 0 spiro atoms. The number of aliphatic carboxylic acids is 1. The molecule has 1 atom stereocenters. The minimum absolute atomic E-state index is 0.0573. The zero-order chi connectivity index (χ0) is 19.2. The van der Waals surface area contributed by atoms with E-state index in [1.54, 1.807) is 0 Å². The third-order valence-corrected chi connectivity index (χ3v) is 11.3. The van der Waals surface area contributed by atoms with Crippen LogP contribution in [0.15, 0.2) is 0 Å². The molecule has 0 bridgehead atoms. The van der Waals surface area contributed by atoms with Crippen molar-refractivity contribution in [1.29, 1.82) is 0 Å². The maximum absolute atomic E-state index is 11.2. The minimum atomic E-state index is -1.53. The van der Waals surface area contributed by atoms with Crippen molar-refractivity contribution in [3.8, 4) is 0 Å². The number of hydrogen-bond donors (Lipinski definition) is 1. The van der Waals surface area contributed by atoms with E-state index in [9.17, 15) is 9.90 Å². The first-order valence-corrected chi connectivity index (χ1v) is 18.8. The van der Waals surface area contributed by atoms with Crippen LogP contribution < -0.4 is 0 Å². The van der Waals surface area contributed by atoms with Gasteiger partial charge in [-0.25, -0.2) is 0 Å². The van der Waals surface area contributed by atoms with Crippen LogP contribution in [-0.4, -0.2) is 37.2 Å². The monoisotopic (exact) mass is 392 g/mol. The van der Waals surface area contributed by atoms with Gasteiger partial charge in [-0.1, -0.05) is 78.1 Å².